The van der Waals surface area contributed by atoms with Gasteiger partial charge in [0, 0.05) is 36.5 Å². The third kappa shape index (κ3) is 4.87. The van der Waals surface area contributed by atoms with Gasteiger partial charge in [-0.1, -0.05) is 6.07 Å². The Morgan fingerprint density at radius 2 is 1.86 bits per heavy atom. The highest BCUT2D eigenvalue weighted by atomic mass is 19.1. The van der Waals surface area contributed by atoms with Crippen LogP contribution in [0.15, 0.2) is 36.5 Å². The Kier molecular flexibility index (Phi) is 6.40. The molecule has 0 unspecified atom stereocenters. The van der Waals surface area contributed by atoms with Crippen molar-refractivity contribution in [3.05, 3.63) is 48.0 Å². The normalized spacial score (nSPS) is 15.8. The zero-order chi connectivity index (χ0) is 21.0. The summed E-state index contributed by atoms with van der Waals surface area (Å²) < 4.78 is 13.1. The number of hydrogen-bond acceptors (Lipinski definition) is 6. The summed E-state index contributed by atoms with van der Waals surface area (Å²) in [5, 5.41) is 32.1. The first kappa shape index (κ1) is 20.7. The summed E-state index contributed by atoms with van der Waals surface area (Å²) in [5.41, 5.74) is 1.42. The molecule has 1 aromatic heterocycles. The van der Waals surface area contributed by atoms with E-state index >= 15 is 0 Å². The number of hydrogen-bond donors (Lipinski definition) is 4. The number of amides is 2. The number of carbonyl (C=O) groups is 2. The number of aliphatic hydroxyl groups excluding tert-OH is 2. The summed E-state index contributed by atoms with van der Waals surface area (Å²) in [6.07, 6.45) is -0.573. The number of rotatable bonds is 6. The van der Waals surface area contributed by atoms with Gasteiger partial charge in [0.2, 0.25) is 0 Å². The summed E-state index contributed by atoms with van der Waals surface area (Å²) in [6.45, 7) is 0.977. The lowest BCUT2D eigenvalue weighted by Crippen LogP contribution is -2.50. The molecule has 1 aliphatic rings. The lowest BCUT2D eigenvalue weighted by Gasteiger charge is -2.22. The highest BCUT2D eigenvalue weighted by Crippen LogP contribution is 2.29. The molecule has 2 aromatic rings. The maximum Gasteiger partial charge on any atom is 0.254 e. The molecule has 2 amide bonds. The van der Waals surface area contributed by atoms with Gasteiger partial charge in [-0.25, -0.2) is 4.39 Å². The summed E-state index contributed by atoms with van der Waals surface area (Å²) in [7, 11) is 0. The van der Waals surface area contributed by atoms with E-state index < -0.39 is 29.8 Å². The zero-order valence-electron chi connectivity index (χ0n) is 15.6. The minimum absolute atomic E-state index is 0.0315. The van der Waals surface area contributed by atoms with Crippen molar-refractivity contribution in [1.82, 2.24) is 15.2 Å². The SMILES string of the molecule is O=C(NCc1ccc(-c2ccc(F)cc2O)cn1)[C@H](O)[C@@H](O)C(=O)N1CCCC1. The number of aliphatic hydroxyl groups is 2. The fraction of sp³-hybridized carbons (Fsp3) is 0.350. The van der Waals surface area contributed by atoms with Crippen molar-refractivity contribution in [3.63, 3.8) is 0 Å². The first-order chi connectivity index (χ1) is 13.9. The van der Waals surface area contributed by atoms with Crippen LogP contribution >= 0.6 is 0 Å². The third-order valence-corrected chi connectivity index (χ3v) is 4.78. The largest absolute Gasteiger partial charge is 0.507 e. The van der Waals surface area contributed by atoms with Crippen LogP contribution < -0.4 is 5.32 Å². The topological polar surface area (TPSA) is 123 Å². The van der Waals surface area contributed by atoms with Crippen molar-refractivity contribution < 1.29 is 29.3 Å². The molecule has 0 bridgehead atoms. The summed E-state index contributed by atoms with van der Waals surface area (Å²) in [4.78, 5) is 29.7. The van der Waals surface area contributed by atoms with Crippen LogP contribution in [0, 0.1) is 5.82 Å². The molecule has 9 heteroatoms. The first-order valence-corrected chi connectivity index (χ1v) is 9.23. The lowest BCUT2D eigenvalue weighted by molar-refractivity contribution is -0.152. The van der Waals surface area contributed by atoms with E-state index in [-0.39, 0.29) is 12.3 Å². The summed E-state index contributed by atoms with van der Waals surface area (Å²) >= 11 is 0. The molecule has 1 aromatic carbocycles. The number of benzene rings is 1. The standard InChI is InChI=1S/C20H22FN3O5/c21-13-4-6-15(16(25)9-13)12-3-5-14(22-10-12)11-23-19(28)17(26)18(27)20(29)24-7-1-2-8-24/h3-6,9-10,17-18,25-27H,1-2,7-8,11H2,(H,23,28)/t17-,18-/m1/s1. The van der Waals surface area contributed by atoms with E-state index in [0.29, 0.717) is 29.9 Å². The van der Waals surface area contributed by atoms with E-state index in [2.05, 4.69) is 10.3 Å². The van der Waals surface area contributed by atoms with Crippen LogP contribution in [0.2, 0.25) is 0 Å². The van der Waals surface area contributed by atoms with Crippen LogP contribution in [0.3, 0.4) is 0 Å². The summed E-state index contributed by atoms with van der Waals surface area (Å²) in [5.74, 6) is -2.31. The molecular formula is C20H22FN3O5. The van der Waals surface area contributed by atoms with Crippen molar-refractivity contribution in [2.24, 2.45) is 0 Å². The zero-order valence-corrected chi connectivity index (χ0v) is 15.6. The minimum Gasteiger partial charge on any atom is -0.507 e. The molecule has 154 valence electrons. The molecule has 0 saturated carbocycles. The molecule has 1 saturated heterocycles. The minimum atomic E-state index is -1.88. The Labute approximate surface area is 166 Å². The number of aromatic nitrogens is 1. The van der Waals surface area contributed by atoms with Gasteiger partial charge in [-0.15, -0.1) is 0 Å². The molecule has 4 N–H and O–H groups in total. The van der Waals surface area contributed by atoms with E-state index in [1.165, 1.54) is 23.2 Å². The van der Waals surface area contributed by atoms with Gasteiger partial charge in [-0.2, -0.15) is 0 Å². The van der Waals surface area contributed by atoms with Crippen LogP contribution in [0.4, 0.5) is 4.39 Å². The predicted octanol–water partition coefficient (Wildman–Crippen LogP) is 0.554. The van der Waals surface area contributed by atoms with Crippen LogP contribution in [0.25, 0.3) is 11.1 Å². The first-order valence-electron chi connectivity index (χ1n) is 9.23. The number of nitrogens with zero attached hydrogens (tertiary/aromatic N) is 2. The smallest absolute Gasteiger partial charge is 0.254 e. The van der Waals surface area contributed by atoms with E-state index in [9.17, 15) is 29.3 Å². The highest BCUT2D eigenvalue weighted by molar-refractivity contribution is 5.90. The van der Waals surface area contributed by atoms with Crippen LogP contribution in [0.5, 0.6) is 5.75 Å². The number of phenols is 1. The van der Waals surface area contributed by atoms with E-state index in [1.807, 2.05) is 0 Å². The highest BCUT2D eigenvalue weighted by Gasteiger charge is 2.34. The van der Waals surface area contributed by atoms with Crippen LogP contribution in [0.1, 0.15) is 18.5 Å². The maximum atomic E-state index is 13.1. The fourth-order valence-electron chi connectivity index (χ4n) is 3.12. The molecule has 2 heterocycles. The van der Waals surface area contributed by atoms with E-state index in [0.717, 1.165) is 18.9 Å². The van der Waals surface area contributed by atoms with E-state index in [4.69, 9.17) is 0 Å². The molecule has 2 atom stereocenters. The Morgan fingerprint density at radius 1 is 1.14 bits per heavy atom. The van der Waals surface area contributed by atoms with Gasteiger partial charge in [0.05, 0.1) is 12.2 Å². The van der Waals surface area contributed by atoms with Gasteiger partial charge in [-0.3, -0.25) is 14.6 Å². The monoisotopic (exact) mass is 403 g/mol. The number of aromatic hydroxyl groups is 1. The van der Waals surface area contributed by atoms with Gasteiger partial charge in [-0.05, 0) is 31.0 Å². The number of pyridine rings is 1. The molecule has 0 spiro atoms. The summed E-state index contributed by atoms with van der Waals surface area (Å²) in [6, 6.07) is 6.89. The van der Waals surface area contributed by atoms with Gasteiger partial charge in [0.1, 0.15) is 11.6 Å². The second kappa shape index (κ2) is 8.97. The van der Waals surface area contributed by atoms with Crippen molar-refractivity contribution in [1.29, 1.82) is 0 Å². The third-order valence-electron chi connectivity index (χ3n) is 4.78. The molecule has 0 aliphatic carbocycles. The van der Waals surface area contributed by atoms with Crippen molar-refractivity contribution in [2.45, 2.75) is 31.6 Å². The fourth-order valence-corrected chi connectivity index (χ4v) is 3.12. The van der Waals surface area contributed by atoms with Gasteiger partial charge in [0.15, 0.2) is 12.2 Å². The number of nitrogens with one attached hydrogen (secondary N) is 1. The maximum absolute atomic E-state index is 13.1. The molecule has 1 aliphatic heterocycles. The molecule has 0 radical (unpaired) electrons. The molecule has 1 fully saturated rings. The average Bonchev–Trinajstić information content (AvgIpc) is 3.26. The van der Waals surface area contributed by atoms with Crippen LogP contribution in [-0.2, 0) is 16.1 Å². The second-order valence-corrected chi connectivity index (χ2v) is 6.84. The second-order valence-electron chi connectivity index (χ2n) is 6.84. The number of phenolic OH excluding ortho intramolecular Hbond substituents is 1. The van der Waals surface area contributed by atoms with E-state index in [1.54, 1.807) is 12.1 Å². The molecular weight excluding hydrogens is 381 g/mol. The van der Waals surface area contributed by atoms with Crippen molar-refractivity contribution in [2.75, 3.05) is 13.1 Å². The Bertz CT molecular complexity index is 884. The lowest BCUT2D eigenvalue weighted by atomic mass is 10.1. The van der Waals surface area contributed by atoms with Crippen LogP contribution in [-0.4, -0.2) is 62.3 Å². The van der Waals surface area contributed by atoms with Gasteiger partial charge >= 0.3 is 0 Å². The number of carbonyl (C=O) groups excluding carboxylic acids is 2. The molecule has 29 heavy (non-hydrogen) atoms. The molecule has 8 nitrogen and oxygen atoms in total. The predicted molar refractivity (Wildman–Crippen MR) is 101 cm³/mol. The Morgan fingerprint density at radius 3 is 2.48 bits per heavy atom. The van der Waals surface area contributed by atoms with Crippen molar-refractivity contribution in [3.8, 4) is 16.9 Å². The quantitative estimate of drug-likeness (QED) is 0.559. The Hall–Kier alpha value is -3.04. The van der Waals surface area contributed by atoms with Gasteiger partial charge in [0.25, 0.3) is 11.8 Å². The number of halogens is 1. The van der Waals surface area contributed by atoms with Gasteiger partial charge < -0.3 is 25.5 Å². The molecule has 3 rings (SSSR count). The average molecular weight is 403 g/mol. The Balaban J connectivity index is 1.56. The van der Waals surface area contributed by atoms with Crippen molar-refractivity contribution >= 4 is 11.8 Å². The number of likely N-dealkylation sites (tertiary alicyclic amines) is 1.